The molecule has 0 aromatic rings. The molecule has 0 atom stereocenters. The fourth-order valence-electron chi connectivity index (χ4n) is 1.84. The summed E-state index contributed by atoms with van der Waals surface area (Å²) in [5, 5.41) is 0. The summed E-state index contributed by atoms with van der Waals surface area (Å²) >= 11 is 0. The largest absolute Gasteiger partial charge is 1.00 e. The van der Waals surface area contributed by atoms with E-state index in [2.05, 4.69) is 13.8 Å². The van der Waals surface area contributed by atoms with Crippen molar-refractivity contribution in [1.29, 1.82) is 0 Å². The van der Waals surface area contributed by atoms with Gasteiger partial charge in [-0.1, -0.05) is 77.6 Å². The van der Waals surface area contributed by atoms with Crippen LogP contribution >= 0.6 is 7.82 Å². The van der Waals surface area contributed by atoms with Gasteiger partial charge in [0.15, 0.2) is 0 Å². The van der Waals surface area contributed by atoms with Crippen molar-refractivity contribution in [1.82, 2.24) is 0 Å². The summed E-state index contributed by atoms with van der Waals surface area (Å²) in [7, 11) is -5.39. The van der Waals surface area contributed by atoms with Crippen molar-refractivity contribution in [2.24, 2.45) is 0 Å². The molecule has 23 heavy (non-hydrogen) atoms. The predicted octanol–water partition coefficient (Wildman–Crippen LogP) is -9.29. The second-order valence-electron chi connectivity index (χ2n) is 4.84. The van der Waals surface area contributed by atoms with Crippen LogP contribution in [0.2, 0.25) is 0 Å². The maximum Gasteiger partial charge on any atom is 1.00 e. The first-order valence-electron chi connectivity index (χ1n) is 7.44. The molecular formula is C14H29KLi3O4P. The monoisotopic (exact) mass is 352 g/mol. The Bertz CT molecular complexity index is 202. The first-order valence-corrected chi connectivity index (χ1v) is 8.90. The molecule has 0 aliphatic rings. The van der Waals surface area contributed by atoms with Gasteiger partial charge >= 0.3 is 108 Å². The van der Waals surface area contributed by atoms with E-state index in [4.69, 9.17) is 19.2 Å². The zero-order valence-electron chi connectivity index (χ0n) is 16.3. The maximum atomic E-state index is 8.55. The quantitative estimate of drug-likeness (QED) is 0.160. The van der Waals surface area contributed by atoms with Crippen molar-refractivity contribution < 1.29 is 127 Å². The summed E-state index contributed by atoms with van der Waals surface area (Å²) in [6.45, 7) is 6.14. The first-order chi connectivity index (χ1) is 8.91. The van der Waals surface area contributed by atoms with Gasteiger partial charge < -0.3 is 26.2 Å². The van der Waals surface area contributed by atoms with Crippen molar-refractivity contribution in [2.75, 3.05) is 0 Å². The van der Waals surface area contributed by atoms with Gasteiger partial charge in [0.25, 0.3) is 0 Å². The van der Waals surface area contributed by atoms with Gasteiger partial charge in [-0.25, -0.2) is 0 Å². The molecule has 0 fully saturated rings. The van der Waals surface area contributed by atoms with Crippen LogP contribution in [0.5, 0.6) is 0 Å². The van der Waals surface area contributed by atoms with Crippen LogP contribution in [-0.2, 0) is 4.57 Å². The van der Waals surface area contributed by atoms with E-state index in [1.807, 2.05) is 0 Å². The Kier molecular flexibility index (Phi) is 59.1. The van der Waals surface area contributed by atoms with E-state index in [0.29, 0.717) is 0 Å². The summed E-state index contributed by atoms with van der Waals surface area (Å²) in [6.07, 6.45) is 16.9. The Morgan fingerprint density at radius 1 is 0.696 bits per heavy atom. The average molecular weight is 352 g/mol. The van der Waals surface area contributed by atoms with E-state index in [1.54, 1.807) is 0 Å². The molecule has 0 saturated carbocycles. The summed E-state index contributed by atoms with van der Waals surface area (Å²) in [4.78, 5) is 25.6. The van der Waals surface area contributed by atoms with E-state index < -0.39 is 7.82 Å². The molecule has 0 heterocycles. The third-order valence-corrected chi connectivity index (χ3v) is 2.85. The fourth-order valence-corrected chi connectivity index (χ4v) is 1.84. The smallest absolute Gasteiger partial charge is 0.822 e. The van der Waals surface area contributed by atoms with Crippen LogP contribution in [0, 0.1) is 6.92 Å². The van der Waals surface area contributed by atoms with Crippen LogP contribution in [0.15, 0.2) is 0 Å². The number of unbranched alkanes of at least 4 members (excludes halogenated alkanes) is 11. The zero-order chi connectivity index (χ0) is 15.0. The standard InChI is InChI=1S/C14H29.K.3Li.H3O4P/c1-3-5-7-9-11-13-14-12-10-8-6-4-2;;;;;1-5(2,3)4/h1,3-14H2,2H3;;;;;(H3,1,2,3,4)/q-1;4*+1;/p-3. The van der Waals surface area contributed by atoms with Crippen molar-refractivity contribution in [3.63, 3.8) is 0 Å². The summed E-state index contributed by atoms with van der Waals surface area (Å²) in [5.41, 5.74) is 0. The average Bonchev–Trinajstić information content (AvgIpc) is 2.29. The Morgan fingerprint density at radius 3 is 1.13 bits per heavy atom. The zero-order valence-corrected chi connectivity index (χ0v) is 20.3. The molecule has 0 rings (SSSR count). The Hall–Kier alpha value is 3.54. The van der Waals surface area contributed by atoms with Crippen LogP contribution in [0.3, 0.4) is 0 Å². The van der Waals surface area contributed by atoms with Gasteiger partial charge in [0.1, 0.15) is 0 Å². The Morgan fingerprint density at radius 2 is 0.913 bits per heavy atom. The second kappa shape index (κ2) is 33.1. The molecule has 0 saturated heterocycles. The first kappa shape index (κ1) is 41.0. The molecule has 0 radical (unpaired) electrons. The van der Waals surface area contributed by atoms with Gasteiger partial charge in [0, 0.05) is 0 Å². The Labute approximate surface area is 222 Å². The molecule has 9 heteroatoms. The molecule has 0 aromatic carbocycles. The summed E-state index contributed by atoms with van der Waals surface area (Å²) in [5.74, 6) is 0. The predicted molar refractivity (Wildman–Crippen MR) is 74.0 cm³/mol. The third kappa shape index (κ3) is 66.9. The van der Waals surface area contributed by atoms with Crippen LogP contribution in [0.1, 0.15) is 84.0 Å². The Balaban J connectivity index is -0.0000000708. The van der Waals surface area contributed by atoms with E-state index in [-0.39, 0.29) is 108 Å². The summed E-state index contributed by atoms with van der Waals surface area (Å²) < 4.78 is 8.55. The molecule has 0 amide bonds. The van der Waals surface area contributed by atoms with Crippen LogP contribution < -0.4 is 123 Å². The van der Waals surface area contributed by atoms with Crippen LogP contribution in [0.4, 0.5) is 0 Å². The number of rotatable bonds is 11. The number of phosphoric acid groups is 1. The van der Waals surface area contributed by atoms with Crippen molar-refractivity contribution >= 4 is 7.82 Å². The minimum Gasteiger partial charge on any atom is -0.822 e. The van der Waals surface area contributed by atoms with Crippen molar-refractivity contribution in [3.05, 3.63) is 6.92 Å². The minimum atomic E-state index is -5.39. The molecule has 0 aromatic heterocycles. The topological polar surface area (TPSA) is 86.2 Å². The maximum absolute atomic E-state index is 8.55. The van der Waals surface area contributed by atoms with Gasteiger partial charge in [-0.2, -0.15) is 14.2 Å². The molecule has 0 N–H and O–H groups in total. The van der Waals surface area contributed by atoms with Gasteiger partial charge in [0.05, 0.1) is 0 Å². The molecule has 0 aliphatic heterocycles. The van der Waals surface area contributed by atoms with Crippen molar-refractivity contribution in [3.8, 4) is 0 Å². The van der Waals surface area contributed by atoms with Crippen molar-refractivity contribution in [2.45, 2.75) is 84.0 Å². The van der Waals surface area contributed by atoms with Gasteiger partial charge in [-0.15, -0.1) is 0 Å². The molecule has 118 valence electrons. The second-order valence-corrected chi connectivity index (χ2v) is 5.73. The number of hydrogen-bond acceptors (Lipinski definition) is 4. The molecular weight excluding hydrogens is 323 g/mol. The molecule has 4 nitrogen and oxygen atoms in total. The van der Waals surface area contributed by atoms with E-state index in [0.717, 1.165) is 6.42 Å². The summed E-state index contributed by atoms with van der Waals surface area (Å²) in [6, 6.07) is 0. The number of hydrogen-bond donors (Lipinski definition) is 0. The minimum absolute atomic E-state index is 0. The molecule has 0 unspecified atom stereocenters. The van der Waals surface area contributed by atoms with E-state index >= 15 is 0 Å². The van der Waals surface area contributed by atoms with E-state index in [1.165, 1.54) is 70.6 Å². The van der Waals surface area contributed by atoms with Gasteiger partial charge in [-0.05, 0) is 0 Å². The SMILES string of the molecule is O=P([O-])([O-])[O-].[CH2-]CCCCCCCCCCCCC.[K+].[Li+].[Li+].[Li+]. The molecule has 0 aliphatic carbocycles. The van der Waals surface area contributed by atoms with Crippen LogP contribution in [0.25, 0.3) is 0 Å². The van der Waals surface area contributed by atoms with E-state index in [9.17, 15) is 0 Å². The third-order valence-electron chi connectivity index (χ3n) is 2.85. The van der Waals surface area contributed by atoms with Gasteiger partial charge in [0.2, 0.25) is 0 Å². The molecule has 0 spiro atoms. The fraction of sp³-hybridized carbons (Fsp3) is 0.929. The van der Waals surface area contributed by atoms with Gasteiger partial charge in [-0.3, -0.25) is 0 Å². The molecule has 0 bridgehead atoms. The normalized spacial score (nSPS) is 9.09. The van der Waals surface area contributed by atoms with Crippen LogP contribution in [-0.4, -0.2) is 0 Å².